The van der Waals surface area contributed by atoms with Crippen molar-refractivity contribution in [1.29, 1.82) is 0 Å². The van der Waals surface area contributed by atoms with Crippen LogP contribution >= 0.6 is 11.6 Å². The minimum Gasteiger partial charge on any atom is -0.398 e. The number of nitrogen functional groups attached to an aromatic ring is 1. The summed E-state index contributed by atoms with van der Waals surface area (Å²) in [4.78, 5) is 0. The number of nitrogens with two attached hydrogens (primary N) is 1. The minimum absolute atomic E-state index is 0.678. The van der Waals surface area contributed by atoms with Gasteiger partial charge in [0.2, 0.25) is 0 Å². The number of benzene rings is 2. The van der Waals surface area contributed by atoms with E-state index in [9.17, 15) is 0 Å². The molecule has 0 atom stereocenters. The molecule has 0 radical (unpaired) electrons. The molecule has 0 aliphatic carbocycles. The Hall–Kier alpha value is -1.67. The Labute approximate surface area is 106 Å². The van der Waals surface area contributed by atoms with Crippen LogP contribution in [0.1, 0.15) is 11.1 Å². The number of rotatable bonds is 3. The summed E-state index contributed by atoms with van der Waals surface area (Å²) in [6.07, 6.45) is 0. The fourth-order valence-corrected chi connectivity index (χ4v) is 2.02. The minimum atomic E-state index is 0.678. The van der Waals surface area contributed by atoms with E-state index in [4.69, 9.17) is 17.3 Å². The van der Waals surface area contributed by atoms with Crippen LogP contribution in [0, 0.1) is 6.92 Å². The molecule has 2 nitrogen and oxygen atoms in total. The second-order valence-electron chi connectivity index (χ2n) is 3.98. The lowest BCUT2D eigenvalue weighted by Crippen LogP contribution is -2.04. The van der Waals surface area contributed by atoms with Crippen LogP contribution in [0.5, 0.6) is 0 Å². The molecule has 88 valence electrons. The molecule has 0 aliphatic heterocycles. The van der Waals surface area contributed by atoms with Crippen LogP contribution < -0.4 is 11.1 Å². The Morgan fingerprint density at radius 1 is 1.12 bits per heavy atom. The van der Waals surface area contributed by atoms with Gasteiger partial charge in [-0.1, -0.05) is 41.9 Å². The normalized spacial score (nSPS) is 10.2. The third-order valence-corrected chi connectivity index (χ3v) is 3.05. The van der Waals surface area contributed by atoms with Gasteiger partial charge in [0.15, 0.2) is 0 Å². The molecule has 0 unspecified atom stereocenters. The van der Waals surface area contributed by atoms with Crippen LogP contribution in [0.2, 0.25) is 5.02 Å². The molecular weight excluding hydrogens is 232 g/mol. The molecule has 0 saturated heterocycles. The van der Waals surface area contributed by atoms with Gasteiger partial charge in [0, 0.05) is 12.2 Å². The molecule has 0 heterocycles. The second kappa shape index (κ2) is 5.11. The molecule has 17 heavy (non-hydrogen) atoms. The predicted molar refractivity (Wildman–Crippen MR) is 74.4 cm³/mol. The Morgan fingerprint density at radius 3 is 2.59 bits per heavy atom. The lowest BCUT2D eigenvalue weighted by molar-refractivity contribution is 1.14. The standard InChI is InChI=1S/C14H15ClN2/c1-10-5-4-7-12(15)14(10)17-9-11-6-2-3-8-13(11)16/h2-8,17H,9,16H2,1H3. The topological polar surface area (TPSA) is 38.0 Å². The highest BCUT2D eigenvalue weighted by molar-refractivity contribution is 6.33. The van der Waals surface area contributed by atoms with Gasteiger partial charge < -0.3 is 11.1 Å². The summed E-state index contributed by atoms with van der Waals surface area (Å²) < 4.78 is 0. The smallest absolute Gasteiger partial charge is 0.0640 e. The number of halogens is 1. The fourth-order valence-electron chi connectivity index (χ4n) is 1.73. The average Bonchev–Trinajstić information content (AvgIpc) is 2.30. The molecule has 3 N–H and O–H groups in total. The van der Waals surface area contributed by atoms with Crippen LogP contribution in [0.15, 0.2) is 42.5 Å². The third-order valence-electron chi connectivity index (χ3n) is 2.73. The molecule has 2 aromatic rings. The summed E-state index contributed by atoms with van der Waals surface area (Å²) in [5.41, 5.74) is 9.86. The number of hydrogen-bond donors (Lipinski definition) is 2. The predicted octanol–water partition coefficient (Wildman–Crippen LogP) is 3.84. The van der Waals surface area contributed by atoms with E-state index in [1.54, 1.807) is 0 Å². The highest BCUT2D eigenvalue weighted by Crippen LogP contribution is 2.26. The zero-order chi connectivity index (χ0) is 12.3. The van der Waals surface area contributed by atoms with Gasteiger partial charge in [-0.3, -0.25) is 0 Å². The van der Waals surface area contributed by atoms with Crippen LogP contribution in [-0.2, 0) is 6.54 Å². The van der Waals surface area contributed by atoms with Crippen molar-refractivity contribution in [2.45, 2.75) is 13.5 Å². The van der Waals surface area contributed by atoms with E-state index >= 15 is 0 Å². The summed E-state index contributed by atoms with van der Waals surface area (Å²) in [6.45, 7) is 2.71. The van der Waals surface area contributed by atoms with Crippen molar-refractivity contribution in [2.75, 3.05) is 11.1 Å². The molecule has 2 aromatic carbocycles. The second-order valence-corrected chi connectivity index (χ2v) is 4.39. The lowest BCUT2D eigenvalue weighted by atomic mass is 10.1. The van der Waals surface area contributed by atoms with Crippen molar-refractivity contribution in [3.8, 4) is 0 Å². The van der Waals surface area contributed by atoms with Crippen molar-refractivity contribution in [1.82, 2.24) is 0 Å². The Kier molecular flexibility index (Phi) is 3.55. The molecule has 0 fully saturated rings. The molecule has 0 aromatic heterocycles. The number of aryl methyl sites for hydroxylation is 1. The summed E-state index contributed by atoms with van der Waals surface area (Å²) in [6, 6.07) is 13.7. The first kappa shape index (κ1) is 11.8. The first-order valence-electron chi connectivity index (χ1n) is 5.51. The third kappa shape index (κ3) is 2.71. The maximum Gasteiger partial charge on any atom is 0.0640 e. The monoisotopic (exact) mass is 246 g/mol. The van der Waals surface area contributed by atoms with Gasteiger partial charge in [-0.25, -0.2) is 0 Å². The van der Waals surface area contributed by atoms with E-state index in [1.165, 1.54) is 0 Å². The van der Waals surface area contributed by atoms with Gasteiger partial charge in [0.05, 0.1) is 10.7 Å². The molecule has 2 rings (SSSR count). The lowest BCUT2D eigenvalue weighted by Gasteiger charge is -2.12. The van der Waals surface area contributed by atoms with Gasteiger partial charge >= 0.3 is 0 Å². The SMILES string of the molecule is Cc1cccc(Cl)c1NCc1ccccc1N. The van der Waals surface area contributed by atoms with E-state index in [1.807, 2.05) is 49.4 Å². The van der Waals surface area contributed by atoms with Crippen molar-refractivity contribution in [3.63, 3.8) is 0 Å². The van der Waals surface area contributed by atoms with E-state index in [0.717, 1.165) is 27.5 Å². The van der Waals surface area contributed by atoms with Crippen LogP contribution in [0.4, 0.5) is 11.4 Å². The Morgan fingerprint density at radius 2 is 1.88 bits per heavy atom. The molecule has 0 amide bonds. The zero-order valence-corrected chi connectivity index (χ0v) is 10.5. The summed E-state index contributed by atoms with van der Waals surface area (Å²) in [5.74, 6) is 0. The maximum absolute atomic E-state index is 6.14. The van der Waals surface area contributed by atoms with E-state index < -0.39 is 0 Å². The van der Waals surface area contributed by atoms with Gasteiger partial charge in [-0.2, -0.15) is 0 Å². The van der Waals surface area contributed by atoms with Gasteiger partial charge in [0.25, 0.3) is 0 Å². The molecule has 3 heteroatoms. The zero-order valence-electron chi connectivity index (χ0n) is 9.70. The maximum atomic E-state index is 6.14. The Balaban J connectivity index is 2.16. The average molecular weight is 247 g/mol. The van der Waals surface area contributed by atoms with Crippen LogP contribution in [0.3, 0.4) is 0 Å². The van der Waals surface area contributed by atoms with Crippen molar-refractivity contribution in [2.24, 2.45) is 0 Å². The molecule has 0 spiro atoms. The van der Waals surface area contributed by atoms with Crippen molar-refractivity contribution < 1.29 is 0 Å². The van der Waals surface area contributed by atoms with E-state index in [0.29, 0.717) is 6.54 Å². The molecule has 0 bridgehead atoms. The summed E-state index contributed by atoms with van der Waals surface area (Å²) in [5, 5.41) is 4.06. The fraction of sp³-hybridized carbons (Fsp3) is 0.143. The van der Waals surface area contributed by atoms with Crippen molar-refractivity contribution >= 4 is 23.0 Å². The highest BCUT2D eigenvalue weighted by Gasteiger charge is 2.04. The number of para-hydroxylation sites is 2. The summed E-state index contributed by atoms with van der Waals surface area (Å²) in [7, 11) is 0. The van der Waals surface area contributed by atoms with Crippen LogP contribution in [0.25, 0.3) is 0 Å². The Bertz CT molecular complexity index is 503. The number of anilines is 2. The molecular formula is C14H15ClN2. The summed E-state index contributed by atoms with van der Waals surface area (Å²) >= 11 is 6.14. The molecule has 0 saturated carbocycles. The first-order valence-corrected chi connectivity index (χ1v) is 5.88. The largest absolute Gasteiger partial charge is 0.398 e. The van der Waals surface area contributed by atoms with Crippen LogP contribution in [-0.4, -0.2) is 0 Å². The number of hydrogen-bond acceptors (Lipinski definition) is 2. The first-order chi connectivity index (χ1) is 8.18. The van der Waals surface area contributed by atoms with Gasteiger partial charge in [-0.15, -0.1) is 0 Å². The number of nitrogens with one attached hydrogen (secondary N) is 1. The quantitative estimate of drug-likeness (QED) is 0.808. The van der Waals surface area contributed by atoms with Gasteiger partial charge in [-0.05, 0) is 30.2 Å². The van der Waals surface area contributed by atoms with E-state index in [2.05, 4.69) is 5.32 Å². The molecule has 0 aliphatic rings. The van der Waals surface area contributed by atoms with E-state index in [-0.39, 0.29) is 0 Å². The van der Waals surface area contributed by atoms with Gasteiger partial charge in [0.1, 0.15) is 0 Å². The highest BCUT2D eigenvalue weighted by atomic mass is 35.5. The van der Waals surface area contributed by atoms with Crippen molar-refractivity contribution in [3.05, 3.63) is 58.6 Å².